The molecule has 3 aromatic rings. The molecule has 0 amide bonds. The van der Waals surface area contributed by atoms with Crippen molar-refractivity contribution >= 4 is 38.4 Å². The van der Waals surface area contributed by atoms with Crippen LogP contribution in [-0.2, 0) is 16.2 Å². The summed E-state index contributed by atoms with van der Waals surface area (Å²) in [6.07, 6.45) is 1.06. The summed E-state index contributed by atoms with van der Waals surface area (Å²) >= 11 is 0. The fourth-order valence-electron chi connectivity index (χ4n) is 3.03. The van der Waals surface area contributed by atoms with E-state index in [0.717, 1.165) is 35.8 Å². The molecule has 12 heteroatoms. The Morgan fingerprint density at radius 3 is 2.59 bits per heavy atom. The van der Waals surface area contributed by atoms with Gasteiger partial charge in [-0.3, -0.25) is 0 Å². The molecular weight excluding hydrogens is 409 g/mol. The predicted octanol–water partition coefficient (Wildman–Crippen LogP) is 3.36. The van der Waals surface area contributed by atoms with Gasteiger partial charge in [-0.25, -0.2) is 13.4 Å². The summed E-state index contributed by atoms with van der Waals surface area (Å²) in [5.41, 5.74) is -0.179. The molecule has 0 bridgehead atoms. The standard InChI is InChI=1S/C17H17F3N6O2S/c1-29(27,28)26-14-7-3-6-13(11(14)8-22-26)24-16-21-9-12(17(18,19)20)15(25-16)23-10-4-2-5-10/h3,6-10H,2,4-5H2,1H3,(H2,21,23,24,25). The van der Waals surface area contributed by atoms with Crippen molar-refractivity contribution in [1.29, 1.82) is 0 Å². The highest BCUT2D eigenvalue weighted by Gasteiger charge is 2.36. The molecule has 0 radical (unpaired) electrons. The van der Waals surface area contributed by atoms with E-state index in [2.05, 4.69) is 25.7 Å². The molecule has 1 fully saturated rings. The fraction of sp³-hybridized carbons (Fsp3) is 0.353. The number of fused-ring (bicyclic) bond motifs is 1. The topological polar surface area (TPSA) is 102 Å². The highest BCUT2D eigenvalue weighted by molar-refractivity contribution is 7.89. The summed E-state index contributed by atoms with van der Waals surface area (Å²) in [6.45, 7) is 0. The zero-order valence-corrected chi connectivity index (χ0v) is 16.0. The first-order valence-corrected chi connectivity index (χ1v) is 10.6. The van der Waals surface area contributed by atoms with Crippen LogP contribution in [0.5, 0.6) is 0 Å². The molecule has 0 aliphatic heterocycles. The third-order valence-electron chi connectivity index (χ3n) is 4.68. The molecule has 4 rings (SSSR count). The summed E-state index contributed by atoms with van der Waals surface area (Å²) in [6, 6.07) is 4.77. The molecular formula is C17H17F3N6O2S. The predicted molar refractivity (Wildman–Crippen MR) is 102 cm³/mol. The lowest BCUT2D eigenvalue weighted by atomic mass is 9.93. The molecule has 1 aromatic carbocycles. The lowest BCUT2D eigenvalue weighted by Gasteiger charge is -2.28. The number of hydrogen-bond donors (Lipinski definition) is 2. The zero-order chi connectivity index (χ0) is 20.8. The molecule has 1 saturated carbocycles. The maximum atomic E-state index is 13.3. The van der Waals surface area contributed by atoms with Gasteiger partial charge in [-0.1, -0.05) is 6.07 Å². The summed E-state index contributed by atoms with van der Waals surface area (Å²) < 4.78 is 64.4. The van der Waals surface area contributed by atoms with Crippen molar-refractivity contribution in [2.75, 3.05) is 16.9 Å². The van der Waals surface area contributed by atoms with Gasteiger partial charge in [-0.05, 0) is 31.4 Å². The minimum Gasteiger partial charge on any atom is -0.367 e. The highest BCUT2D eigenvalue weighted by Crippen LogP contribution is 2.36. The molecule has 8 nitrogen and oxygen atoms in total. The van der Waals surface area contributed by atoms with Crippen molar-refractivity contribution in [3.63, 3.8) is 0 Å². The summed E-state index contributed by atoms with van der Waals surface area (Å²) in [7, 11) is -3.60. The van der Waals surface area contributed by atoms with Crippen LogP contribution in [-0.4, -0.2) is 39.9 Å². The highest BCUT2D eigenvalue weighted by atomic mass is 32.2. The number of hydrogen-bond acceptors (Lipinski definition) is 7. The second-order valence-corrected chi connectivity index (χ2v) is 8.65. The molecule has 154 valence electrons. The normalized spacial score (nSPS) is 15.3. The number of halogens is 3. The van der Waals surface area contributed by atoms with Crippen LogP contribution in [0.3, 0.4) is 0 Å². The number of aromatic nitrogens is 4. The van der Waals surface area contributed by atoms with Gasteiger partial charge >= 0.3 is 6.18 Å². The van der Waals surface area contributed by atoms with Crippen LogP contribution < -0.4 is 10.6 Å². The largest absolute Gasteiger partial charge is 0.421 e. The van der Waals surface area contributed by atoms with Gasteiger partial charge in [0.2, 0.25) is 5.95 Å². The monoisotopic (exact) mass is 426 g/mol. The van der Waals surface area contributed by atoms with Gasteiger partial charge in [-0.2, -0.15) is 27.3 Å². The Labute approximate surface area is 164 Å². The summed E-state index contributed by atoms with van der Waals surface area (Å²) in [4.78, 5) is 7.81. The van der Waals surface area contributed by atoms with Crippen molar-refractivity contribution < 1.29 is 21.6 Å². The van der Waals surface area contributed by atoms with Crippen LogP contribution in [0.1, 0.15) is 24.8 Å². The van der Waals surface area contributed by atoms with Crippen molar-refractivity contribution in [2.45, 2.75) is 31.5 Å². The molecule has 0 saturated heterocycles. The summed E-state index contributed by atoms with van der Waals surface area (Å²) in [5, 5.41) is 10.0. The van der Waals surface area contributed by atoms with E-state index in [9.17, 15) is 21.6 Å². The Hall–Kier alpha value is -2.89. The lowest BCUT2D eigenvalue weighted by molar-refractivity contribution is -0.137. The number of anilines is 3. The maximum absolute atomic E-state index is 13.3. The zero-order valence-electron chi connectivity index (χ0n) is 15.2. The lowest BCUT2D eigenvalue weighted by Crippen LogP contribution is -2.29. The van der Waals surface area contributed by atoms with E-state index < -0.39 is 21.8 Å². The molecule has 0 unspecified atom stereocenters. The second-order valence-electron chi connectivity index (χ2n) is 6.84. The van der Waals surface area contributed by atoms with Crippen LogP contribution in [0.25, 0.3) is 10.9 Å². The Morgan fingerprint density at radius 1 is 1.21 bits per heavy atom. The van der Waals surface area contributed by atoms with Crippen molar-refractivity contribution in [1.82, 2.24) is 19.2 Å². The third-order valence-corrected chi connectivity index (χ3v) is 5.60. The number of benzene rings is 1. The van der Waals surface area contributed by atoms with E-state index in [4.69, 9.17) is 0 Å². The number of alkyl halides is 3. The minimum absolute atomic E-state index is 0.0422. The van der Waals surface area contributed by atoms with Crippen molar-refractivity contribution in [3.8, 4) is 0 Å². The first-order chi connectivity index (χ1) is 13.6. The van der Waals surface area contributed by atoms with Gasteiger partial charge in [0.15, 0.2) is 0 Å². The summed E-state index contributed by atoms with van der Waals surface area (Å²) in [5.74, 6) is -0.321. The molecule has 1 aliphatic carbocycles. The molecule has 2 heterocycles. The smallest absolute Gasteiger partial charge is 0.367 e. The van der Waals surface area contributed by atoms with Gasteiger partial charge < -0.3 is 10.6 Å². The molecule has 1 aliphatic rings. The molecule has 29 heavy (non-hydrogen) atoms. The SMILES string of the molecule is CS(=O)(=O)n1ncc2c(Nc3ncc(C(F)(F)F)c(NC4CCC4)n3)cccc21. The number of nitrogens with zero attached hydrogens (tertiary/aromatic N) is 4. The van der Waals surface area contributed by atoms with E-state index >= 15 is 0 Å². The van der Waals surface area contributed by atoms with Crippen LogP contribution in [0.15, 0.2) is 30.6 Å². The fourth-order valence-corrected chi connectivity index (χ4v) is 3.76. The Balaban J connectivity index is 1.71. The molecule has 2 aromatic heterocycles. The molecule has 2 N–H and O–H groups in total. The average molecular weight is 426 g/mol. The Kier molecular flexibility index (Phi) is 4.60. The first kappa shape index (κ1) is 19.4. The number of nitrogens with one attached hydrogen (secondary N) is 2. The van der Waals surface area contributed by atoms with Crippen LogP contribution in [0.2, 0.25) is 0 Å². The number of rotatable bonds is 5. The second kappa shape index (κ2) is 6.87. The van der Waals surface area contributed by atoms with Crippen LogP contribution >= 0.6 is 0 Å². The van der Waals surface area contributed by atoms with E-state index in [0.29, 0.717) is 16.6 Å². The third kappa shape index (κ3) is 3.84. The van der Waals surface area contributed by atoms with Crippen LogP contribution in [0.4, 0.5) is 30.6 Å². The van der Waals surface area contributed by atoms with Gasteiger partial charge in [0.25, 0.3) is 10.0 Å². The van der Waals surface area contributed by atoms with E-state index in [1.165, 1.54) is 6.20 Å². The van der Waals surface area contributed by atoms with Gasteiger partial charge in [0.05, 0.1) is 23.7 Å². The first-order valence-electron chi connectivity index (χ1n) is 8.78. The molecule has 0 spiro atoms. The van der Waals surface area contributed by atoms with Crippen LogP contribution in [0, 0.1) is 0 Å². The van der Waals surface area contributed by atoms with E-state index in [1.807, 2.05) is 0 Å². The van der Waals surface area contributed by atoms with Crippen molar-refractivity contribution in [2.24, 2.45) is 0 Å². The van der Waals surface area contributed by atoms with E-state index in [-0.39, 0.29) is 17.8 Å². The maximum Gasteiger partial charge on any atom is 0.421 e. The minimum atomic E-state index is -4.58. The Bertz CT molecular complexity index is 1170. The van der Waals surface area contributed by atoms with Crippen molar-refractivity contribution in [3.05, 3.63) is 36.2 Å². The van der Waals surface area contributed by atoms with Gasteiger partial charge in [0.1, 0.15) is 11.4 Å². The quantitative estimate of drug-likeness (QED) is 0.645. The van der Waals surface area contributed by atoms with Gasteiger partial charge in [-0.15, -0.1) is 0 Å². The van der Waals surface area contributed by atoms with Gasteiger partial charge in [0, 0.05) is 17.6 Å². The molecule has 0 atom stereocenters. The van der Waals surface area contributed by atoms with E-state index in [1.54, 1.807) is 18.2 Å². The average Bonchev–Trinajstić information content (AvgIpc) is 3.03. The Morgan fingerprint density at radius 2 is 1.97 bits per heavy atom.